The molecule has 5 nitrogen and oxygen atoms in total. The van der Waals surface area contributed by atoms with Crippen LogP contribution in [0.15, 0.2) is 36.5 Å². The molecule has 0 radical (unpaired) electrons. The highest BCUT2D eigenvalue weighted by atomic mass is 19.1. The largest absolute Gasteiger partial charge is 0.481 e. The van der Waals surface area contributed by atoms with E-state index in [1.165, 1.54) is 37.1 Å². The zero-order chi connectivity index (χ0) is 23.3. The molecule has 0 aliphatic heterocycles. The van der Waals surface area contributed by atoms with E-state index in [-0.39, 0.29) is 18.2 Å². The maximum atomic E-state index is 13.6. The van der Waals surface area contributed by atoms with Gasteiger partial charge in [0, 0.05) is 35.5 Å². The summed E-state index contributed by atoms with van der Waals surface area (Å²) in [7, 11) is 0. The van der Waals surface area contributed by atoms with E-state index >= 15 is 0 Å². The van der Waals surface area contributed by atoms with E-state index < -0.39 is 24.6 Å². The molecule has 2 atom stereocenters. The fourth-order valence-electron chi connectivity index (χ4n) is 4.71. The standard InChI is InChI=1S/C26H34FNO4/c1-17(2)26-23(13-12-21(29)14-22(30)15-25(31)32)24(18-8-10-19(27)11-9-18)16-28(26)20-6-4-3-5-7-20/h8-13,16-17,20-22,29-30H,3-7,14-15H2,1-2H3,(H,31,32)/b13-12+. The summed E-state index contributed by atoms with van der Waals surface area (Å²) in [6.45, 7) is 4.29. The Kier molecular flexibility index (Phi) is 8.26. The predicted molar refractivity (Wildman–Crippen MR) is 124 cm³/mol. The van der Waals surface area contributed by atoms with Gasteiger partial charge in [-0.15, -0.1) is 0 Å². The first-order chi connectivity index (χ1) is 15.3. The smallest absolute Gasteiger partial charge is 0.305 e. The average Bonchev–Trinajstić information content (AvgIpc) is 3.12. The molecule has 1 heterocycles. The number of benzene rings is 1. The summed E-state index contributed by atoms with van der Waals surface area (Å²) in [5.74, 6) is -1.15. The van der Waals surface area contributed by atoms with Gasteiger partial charge >= 0.3 is 5.97 Å². The third-order valence-corrected chi connectivity index (χ3v) is 6.19. The van der Waals surface area contributed by atoms with Crippen LogP contribution in [0.1, 0.15) is 82.0 Å². The highest BCUT2D eigenvalue weighted by Crippen LogP contribution is 2.39. The summed E-state index contributed by atoms with van der Waals surface area (Å²) in [5.41, 5.74) is 4.03. The number of rotatable bonds is 9. The summed E-state index contributed by atoms with van der Waals surface area (Å²) in [4.78, 5) is 10.8. The fraction of sp³-hybridized carbons (Fsp3) is 0.500. The van der Waals surface area contributed by atoms with Gasteiger partial charge in [0.25, 0.3) is 0 Å². The molecule has 1 aliphatic carbocycles. The number of aliphatic hydroxyl groups excluding tert-OH is 2. The van der Waals surface area contributed by atoms with E-state index in [1.54, 1.807) is 18.2 Å². The van der Waals surface area contributed by atoms with Crippen LogP contribution in [0.4, 0.5) is 4.39 Å². The van der Waals surface area contributed by atoms with Crippen LogP contribution >= 0.6 is 0 Å². The molecular formula is C26H34FNO4. The Bertz CT molecular complexity index is 926. The summed E-state index contributed by atoms with van der Waals surface area (Å²) >= 11 is 0. The summed E-state index contributed by atoms with van der Waals surface area (Å²) in [5, 5.41) is 29.1. The minimum atomic E-state index is -1.11. The number of carboxylic acids is 1. The van der Waals surface area contributed by atoms with E-state index in [1.807, 2.05) is 6.08 Å². The lowest BCUT2D eigenvalue weighted by molar-refractivity contribution is -0.139. The Labute approximate surface area is 189 Å². The summed E-state index contributed by atoms with van der Waals surface area (Å²) in [6, 6.07) is 6.86. The van der Waals surface area contributed by atoms with Crippen LogP contribution in [-0.2, 0) is 4.79 Å². The van der Waals surface area contributed by atoms with Crippen molar-refractivity contribution in [2.24, 2.45) is 0 Å². The topological polar surface area (TPSA) is 82.7 Å². The Morgan fingerprint density at radius 2 is 1.81 bits per heavy atom. The Morgan fingerprint density at radius 1 is 1.16 bits per heavy atom. The maximum absolute atomic E-state index is 13.6. The van der Waals surface area contributed by atoms with Crippen LogP contribution in [0.3, 0.4) is 0 Å². The first-order valence-corrected chi connectivity index (χ1v) is 11.5. The van der Waals surface area contributed by atoms with Crippen molar-refractivity contribution >= 4 is 12.0 Å². The quantitative estimate of drug-likeness (QED) is 0.476. The number of halogens is 1. The lowest BCUT2D eigenvalue weighted by Gasteiger charge is -2.27. The van der Waals surface area contributed by atoms with Crippen molar-refractivity contribution in [3.05, 3.63) is 53.6 Å². The molecule has 1 aromatic carbocycles. The van der Waals surface area contributed by atoms with Crippen LogP contribution in [0.2, 0.25) is 0 Å². The van der Waals surface area contributed by atoms with Crippen molar-refractivity contribution in [3.63, 3.8) is 0 Å². The minimum Gasteiger partial charge on any atom is -0.481 e. The first kappa shape index (κ1) is 24.2. The second-order valence-electron chi connectivity index (χ2n) is 9.12. The molecule has 0 bridgehead atoms. The highest BCUT2D eigenvalue weighted by Gasteiger charge is 2.24. The number of aromatic nitrogens is 1. The van der Waals surface area contributed by atoms with E-state index in [4.69, 9.17) is 5.11 Å². The van der Waals surface area contributed by atoms with Gasteiger partial charge < -0.3 is 19.9 Å². The van der Waals surface area contributed by atoms with Crippen molar-refractivity contribution in [1.82, 2.24) is 4.57 Å². The number of aliphatic carboxylic acids is 1. The van der Waals surface area contributed by atoms with Gasteiger partial charge in [0.1, 0.15) is 5.82 Å². The molecule has 3 rings (SSSR count). The fourth-order valence-corrected chi connectivity index (χ4v) is 4.71. The maximum Gasteiger partial charge on any atom is 0.305 e. The SMILES string of the molecule is CC(C)c1c(/C=C/C(O)CC(O)CC(=O)O)c(-c2ccc(F)cc2)cn1C1CCCCC1. The number of hydrogen-bond acceptors (Lipinski definition) is 3. The van der Waals surface area contributed by atoms with Crippen molar-refractivity contribution < 1.29 is 24.5 Å². The zero-order valence-corrected chi connectivity index (χ0v) is 18.9. The van der Waals surface area contributed by atoms with Gasteiger partial charge in [0.05, 0.1) is 18.6 Å². The van der Waals surface area contributed by atoms with Gasteiger partial charge in [0.2, 0.25) is 0 Å². The zero-order valence-electron chi connectivity index (χ0n) is 18.9. The molecule has 32 heavy (non-hydrogen) atoms. The molecule has 2 unspecified atom stereocenters. The number of aliphatic hydroxyl groups is 2. The van der Waals surface area contributed by atoms with Gasteiger partial charge in [0.15, 0.2) is 0 Å². The van der Waals surface area contributed by atoms with Crippen molar-refractivity contribution in [3.8, 4) is 11.1 Å². The summed E-state index contributed by atoms with van der Waals surface area (Å²) in [6.07, 6.45) is 9.04. The predicted octanol–water partition coefficient (Wildman–Crippen LogP) is 5.52. The minimum absolute atomic E-state index is 0.0466. The normalized spacial score (nSPS) is 17.2. The lowest BCUT2D eigenvalue weighted by Crippen LogP contribution is -2.19. The Morgan fingerprint density at radius 3 is 2.41 bits per heavy atom. The van der Waals surface area contributed by atoms with Crippen molar-refractivity contribution in [2.45, 2.75) is 83.0 Å². The molecule has 1 fully saturated rings. The third kappa shape index (κ3) is 6.08. The van der Waals surface area contributed by atoms with Gasteiger partial charge in [-0.1, -0.05) is 57.4 Å². The monoisotopic (exact) mass is 443 g/mol. The average molecular weight is 444 g/mol. The van der Waals surface area contributed by atoms with E-state index in [9.17, 15) is 19.4 Å². The molecule has 174 valence electrons. The first-order valence-electron chi connectivity index (χ1n) is 11.5. The number of carboxylic acid groups (broad SMARTS) is 1. The molecule has 2 aromatic rings. The number of nitrogens with zero attached hydrogens (tertiary/aromatic N) is 1. The van der Waals surface area contributed by atoms with E-state index in [0.717, 1.165) is 29.5 Å². The number of hydrogen-bond donors (Lipinski definition) is 3. The molecule has 0 saturated heterocycles. The molecule has 0 spiro atoms. The van der Waals surface area contributed by atoms with Gasteiger partial charge in [-0.3, -0.25) is 4.79 Å². The highest BCUT2D eigenvalue weighted by molar-refractivity contribution is 5.77. The van der Waals surface area contributed by atoms with Gasteiger partial charge in [-0.05, 0) is 36.5 Å². The third-order valence-electron chi connectivity index (χ3n) is 6.19. The second-order valence-corrected chi connectivity index (χ2v) is 9.12. The van der Waals surface area contributed by atoms with Crippen LogP contribution in [0.25, 0.3) is 17.2 Å². The molecule has 0 amide bonds. The van der Waals surface area contributed by atoms with Crippen LogP contribution in [0.5, 0.6) is 0 Å². The Hall–Kier alpha value is -2.44. The molecule has 6 heteroatoms. The molecule has 1 aromatic heterocycles. The molecule has 1 aliphatic rings. The molecule has 1 saturated carbocycles. The second kappa shape index (κ2) is 10.9. The summed E-state index contributed by atoms with van der Waals surface area (Å²) < 4.78 is 15.9. The van der Waals surface area contributed by atoms with Gasteiger partial charge in [-0.25, -0.2) is 4.39 Å². The van der Waals surface area contributed by atoms with E-state index in [2.05, 4.69) is 24.6 Å². The van der Waals surface area contributed by atoms with Gasteiger partial charge in [-0.2, -0.15) is 0 Å². The molecular weight excluding hydrogens is 409 g/mol. The van der Waals surface area contributed by atoms with Crippen LogP contribution in [-0.4, -0.2) is 38.1 Å². The lowest BCUT2D eigenvalue weighted by atomic mass is 9.94. The number of carbonyl (C=O) groups is 1. The van der Waals surface area contributed by atoms with Crippen LogP contribution in [0, 0.1) is 5.82 Å². The van der Waals surface area contributed by atoms with Crippen molar-refractivity contribution in [2.75, 3.05) is 0 Å². The molecule has 3 N–H and O–H groups in total. The van der Waals surface area contributed by atoms with Crippen molar-refractivity contribution in [1.29, 1.82) is 0 Å². The van der Waals surface area contributed by atoms with E-state index in [0.29, 0.717) is 6.04 Å². The Balaban J connectivity index is 2.00. The van der Waals surface area contributed by atoms with Crippen LogP contribution < -0.4 is 0 Å².